The van der Waals surface area contributed by atoms with Crippen molar-refractivity contribution >= 4 is 18.1 Å². The van der Waals surface area contributed by atoms with Crippen LogP contribution in [0.5, 0.6) is 0 Å². The lowest BCUT2D eigenvalue weighted by Gasteiger charge is -2.40. The van der Waals surface area contributed by atoms with Gasteiger partial charge >= 0.3 is 12.2 Å². The summed E-state index contributed by atoms with van der Waals surface area (Å²) >= 11 is 0. The van der Waals surface area contributed by atoms with Crippen LogP contribution in [0.4, 0.5) is 9.59 Å². The molecule has 0 saturated carbocycles. The second-order valence-corrected chi connectivity index (χ2v) is 10.5. The van der Waals surface area contributed by atoms with Crippen LogP contribution in [0.3, 0.4) is 0 Å². The van der Waals surface area contributed by atoms with Crippen LogP contribution in [0.1, 0.15) is 46.6 Å². The third kappa shape index (κ3) is 7.47. The highest BCUT2D eigenvalue weighted by atomic mass is 16.6. The number of piperazine rings is 1. The molecule has 0 aliphatic carbocycles. The molecule has 1 atom stereocenters. The van der Waals surface area contributed by atoms with Crippen LogP contribution in [0.15, 0.2) is 49.1 Å². The van der Waals surface area contributed by atoms with Gasteiger partial charge in [-0.05, 0) is 46.6 Å². The van der Waals surface area contributed by atoms with Crippen molar-refractivity contribution in [2.24, 2.45) is 0 Å². The minimum absolute atomic E-state index is 0.0199. The average Bonchev–Trinajstić information content (AvgIpc) is 3.38. The van der Waals surface area contributed by atoms with Crippen LogP contribution < -0.4 is 5.32 Å². The summed E-state index contributed by atoms with van der Waals surface area (Å²) < 4.78 is 13.0. The zero-order chi connectivity index (χ0) is 26.3. The van der Waals surface area contributed by atoms with Crippen LogP contribution in [-0.4, -0.2) is 75.3 Å². The summed E-state index contributed by atoms with van der Waals surface area (Å²) in [6, 6.07) is 8.44. The van der Waals surface area contributed by atoms with E-state index in [0.717, 1.165) is 5.56 Å². The number of carbonyl (C=O) groups is 3. The quantitative estimate of drug-likeness (QED) is 0.626. The monoisotopic (exact) mass is 499 g/mol. The maximum atomic E-state index is 13.3. The third-order valence-corrected chi connectivity index (χ3v) is 6.01. The largest absolute Gasteiger partial charge is 0.445 e. The van der Waals surface area contributed by atoms with Gasteiger partial charge in [0.25, 0.3) is 0 Å². The predicted octanol–water partition coefficient (Wildman–Crippen LogP) is 3.38. The molecule has 10 heteroatoms. The topological polar surface area (TPSA) is 106 Å². The molecule has 1 N–H and O–H groups in total. The van der Waals surface area contributed by atoms with E-state index >= 15 is 0 Å². The Bertz CT molecular complexity index is 1020. The SMILES string of the molecule is CC(C)(C)OC(=O)N1CCN(C(=O)OCc2ccccc2)[C@@H](C(=O)NCCC(C)(C)n2ccnc2)C1. The second-order valence-electron chi connectivity index (χ2n) is 10.5. The van der Waals surface area contributed by atoms with E-state index in [-0.39, 0.29) is 37.7 Å². The Kier molecular flexibility index (Phi) is 8.60. The van der Waals surface area contributed by atoms with Gasteiger partial charge in [-0.3, -0.25) is 9.69 Å². The number of hydrogen-bond donors (Lipinski definition) is 1. The number of nitrogens with zero attached hydrogens (tertiary/aromatic N) is 4. The molecule has 3 rings (SSSR count). The minimum atomic E-state index is -0.897. The van der Waals surface area contributed by atoms with Crippen molar-refractivity contribution < 1.29 is 23.9 Å². The van der Waals surface area contributed by atoms with E-state index in [9.17, 15) is 14.4 Å². The van der Waals surface area contributed by atoms with Gasteiger partial charge in [-0.1, -0.05) is 30.3 Å². The normalized spacial score (nSPS) is 16.4. The van der Waals surface area contributed by atoms with Gasteiger partial charge in [0.2, 0.25) is 5.91 Å². The van der Waals surface area contributed by atoms with Crippen molar-refractivity contribution in [3.8, 4) is 0 Å². The van der Waals surface area contributed by atoms with E-state index < -0.39 is 23.8 Å². The van der Waals surface area contributed by atoms with Crippen LogP contribution in [0.2, 0.25) is 0 Å². The number of hydrogen-bond acceptors (Lipinski definition) is 6. The number of benzene rings is 1. The van der Waals surface area contributed by atoms with Gasteiger partial charge < -0.3 is 24.3 Å². The number of aromatic nitrogens is 2. The molecule has 0 spiro atoms. The number of imidazole rings is 1. The lowest BCUT2D eigenvalue weighted by Crippen LogP contribution is -2.62. The summed E-state index contributed by atoms with van der Waals surface area (Å²) in [5.41, 5.74) is -0.0758. The Morgan fingerprint density at radius 2 is 1.78 bits per heavy atom. The zero-order valence-corrected chi connectivity index (χ0v) is 21.8. The van der Waals surface area contributed by atoms with E-state index in [2.05, 4.69) is 24.1 Å². The first-order valence-corrected chi connectivity index (χ1v) is 12.2. The molecule has 2 heterocycles. The summed E-state index contributed by atoms with van der Waals surface area (Å²) in [6.45, 7) is 10.4. The molecule has 10 nitrogen and oxygen atoms in total. The lowest BCUT2D eigenvalue weighted by molar-refractivity contribution is -0.128. The molecule has 0 radical (unpaired) electrons. The molecular weight excluding hydrogens is 462 g/mol. The van der Waals surface area contributed by atoms with E-state index in [4.69, 9.17) is 9.47 Å². The molecule has 36 heavy (non-hydrogen) atoms. The highest BCUT2D eigenvalue weighted by molar-refractivity contribution is 5.87. The maximum absolute atomic E-state index is 13.3. The first-order chi connectivity index (χ1) is 17.0. The molecule has 2 aromatic rings. The van der Waals surface area contributed by atoms with Crippen LogP contribution in [-0.2, 0) is 26.4 Å². The van der Waals surface area contributed by atoms with Crippen molar-refractivity contribution in [1.29, 1.82) is 0 Å². The van der Waals surface area contributed by atoms with E-state index in [1.807, 2.05) is 41.1 Å². The number of carbonyl (C=O) groups excluding carboxylic acids is 3. The van der Waals surface area contributed by atoms with Crippen molar-refractivity contribution in [2.75, 3.05) is 26.2 Å². The molecule has 1 aromatic heterocycles. The fourth-order valence-electron chi connectivity index (χ4n) is 3.88. The molecule has 1 fully saturated rings. The Morgan fingerprint density at radius 1 is 1.06 bits per heavy atom. The van der Waals surface area contributed by atoms with Gasteiger partial charge in [0.15, 0.2) is 0 Å². The first kappa shape index (κ1) is 27.0. The number of ether oxygens (including phenoxy) is 2. The molecule has 0 unspecified atom stereocenters. The van der Waals surface area contributed by atoms with Gasteiger partial charge in [0.05, 0.1) is 12.9 Å². The van der Waals surface area contributed by atoms with E-state index in [1.165, 1.54) is 9.80 Å². The summed E-state index contributed by atoms with van der Waals surface area (Å²) in [5, 5.41) is 2.94. The second kappa shape index (κ2) is 11.5. The fraction of sp³-hybridized carbons (Fsp3) is 0.538. The molecule has 1 aliphatic heterocycles. The smallest absolute Gasteiger partial charge is 0.410 e. The molecular formula is C26H37N5O5. The number of rotatable bonds is 7. The van der Waals surface area contributed by atoms with Crippen molar-refractivity contribution in [1.82, 2.24) is 24.7 Å². The van der Waals surface area contributed by atoms with E-state index in [0.29, 0.717) is 13.0 Å². The average molecular weight is 500 g/mol. The van der Waals surface area contributed by atoms with Crippen LogP contribution >= 0.6 is 0 Å². The predicted molar refractivity (Wildman–Crippen MR) is 134 cm³/mol. The fourth-order valence-corrected chi connectivity index (χ4v) is 3.88. The Labute approximate surface area is 212 Å². The van der Waals surface area contributed by atoms with Crippen molar-refractivity contribution in [2.45, 2.75) is 64.8 Å². The highest BCUT2D eigenvalue weighted by Gasteiger charge is 2.39. The highest BCUT2D eigenvalue weighted by Crippen LogP contribution is 2.20. The Balaban J connectivity index is 1.66. The summed E-state index contributed by atoms with van der Waals surface area (Å²) in [7, 11) is 0. The number of nitrogens with one attached hydrogen (secondary N) is 1. The van der Waals surface area contributed by atoms with Crippen LogP contribution in [0.25, 0.3) is 0 Å². The summed E-state index contributed by atoms with van der Waals surface area (Å²) in [6.07, 6.45) is 4.88. The van der Waals surface area contributed by atoms with Gasteiger partial charge in [-0.15, -0.1) is 0 Å². The minimum Gasteiger partial charge on any atom is -0.445 e. The van der Waals surface area contributed by atoms with Crippen molar-refractivity contribution in [3.05, 3.63) is 54.6 Å². The Hall–Kier alpha value is -3.56. The van der Waals surface area contributed by atoms with Crippen LogP contribution in [0, 0.1) is 0 Å². The van der Waals surface area contributed by atoms with Gasteiger partial charge in [-0.25, -0.2) is 14.6 Å². The molecule has 1 aromatic carbocycles. The van der Waals surface area contributed by atoms with Crippen molar-refractivity contribution in [3.63, 3.8) is 0 Å². The molecule has 1 aliphatic rings. The maximum Gasteiger partial charge on any atom is 0.410 e. The molecule has 196 valence electrons. The van der Waals surface area contributed by atoms with Gasteiger partial charge in [0, 0.05) is 37.6 Å². The summed E-state index contributed by atoms with van der Waals surface area (Å²) in [4.78, 5) is 45.8. The van der Waals surface area contributed by atoms with Gasteiger partial charge in [-0.2, -0.15) is 0 Å². The third-order valence-electron chi connectivity index (χ3n) is 6.01. The van der Waals surface area contributed by atoms with E-state index in [1.54, 1.807) is 33.3 Å². The number of amides is 3. The summed E-state index contributed by atoms with van der Waals surface area (Å²) in [5.74, 6) is -0.346. The molecule has 3 amide bonds. The van der Waals surface area contributed by atoms with Gasteiger partial charge in [0.1, 0.15) is 18.2 Å². The first-order valence-electron chi connectivity index (χ1n) is 12.2. The Morgan fingerprint density at radius 3 is 2.42 bits per heavy atom. The lowest BCUT2D eigenvalue weighted by atomic mass is 10.0. The molecule has 0 bridgehead atoms. The molecule has 1 saturated heterocycles. The standard InChI is InChI=1S/C26H37N5O5/c1-25(2,3)36-23(33)29-15-16-31(24(34)35-18-20-9-7-6-8-10-20)21(17-29)22(32)28-12-11-26(4,5)30-14-13-27-19-30/h6-10,13-14,19,21H,11-12,15-18H2,1-5H3,(H,28,32)/t21-/m1/s1. The zero-order valence-electron chi connectivity index (χ0n) is 21.8.